The van der Waals surface area contributed by atoms with Gasteiger partial charge in [-0.3, -0.25) is 4.79 Å². The van der Waals surface area contributed by atoms with Crippen LogP contribution in [0.25, 0.3) is 0 Å². The number of anilines is 1. The second-order valence-electron chi connectivity index (χ2n) is 7.73. The van der Waals surface area contributed by atoms with Gasteiger partial charge in [0.2, 0.25) is 5.91 Å². The van der Waals surface area contributed by atoms with Gasteiger partial charge in [-0.05, 0) is 44.9 Å². The number of carbonyl (C=O) groups is 2. The second kappa shape index (κ2) is 7.69. The van der Waals surface area contributed by atoms with Gasteiger partial charge in [0.25, 0.3) is 0 Å². The van der Waals surface area contributed by atoms with Crippen LogP contribution in [0.4, 0.5) is 10.5 Å². The van der Waals surface area contributed by atoms with E-state index in [0.717, 1.165) is 17.7 Å². The lowest BCUT2D eigenvalue weighted by Gasteiger charge is -2.25. The Balaban J connectivity index is 2.75. The molecule has 0 aliphatic carbocycles. The zero-order valence-corrected chi connectivity index (χ0v) is 15.9. The quantitative estimate of drug-likeness (QED) is 0.866. The first-order valence-electron chi connectivity index (χ1n) is 8.29. The molecule has 0 spiro atoms. The van der Waals surface area contributed by atoms with Gasteiger partial charge < -0.3 is 15.0 Å². The SMILES string of the molecule is CCC(C)(C)C(=O)Nc1cccc(CN(C)C(=O)OC(C)(C)C)c1. The minimum Gasteiger partial charge on any atom is -0.444 e. The zero-order valence-electron chi connectivity index (χ0n) is 15.9. The molecule has 0 heterocycles. The minimum atomic E-state index is -0.521. The Labute approximate surface area is 145 Å². The van der Waals surface area contributed by atoms with Crippen LogP contribution in [0.3, 0.4) is 0 Å². The maximum Gasteiger partial charge on any atom is 0.410 e. The molecule has 1 aromatic rings. The van der Waals surface area contributed by atoms with Gasteiger partial charge in [0.15, 0.2) is 0 Å². The van der Waals surface area contributed by atoms with Crippen LogP contribution in [0.5, 0.6) is 0 Å². The van der Waals surface area contributed by atoms with Crippen LogP contribution < -0.4 is 5.32 Å². The van der Waals surface area contributed by atoms with Gasteiger partial charge in [-0.1, -0.05) is 32.9 Å². The van der Waals surface area contributed by atoms with Gasteiger partial charge in [0.1, 0.15) is 5.60 Å². The van der Waals surface area contributed by atoms with Crippen molar-refractivity contribution >= 4 is 17.7 Å². The van der Waals surface area contributed by atoms with Crippen molar-refractivity contribution in [1.29, 1.82) is 0 Å². The smallest absolute Gasteiger partial charge is 0.410 e. The molecule has 0 bridgehead atoms. The normalized spacial score (nSPS) is 11.8. The van der Waals surface area contributed by atoms with Crippen molar-refractivity contribution in [3.05, 3.63) is 29.8 Å². The largest absolute Gasteiger partial charge is 0.444 e. The highest BCUT2D eigenvalue weighted by atomic mass is 16.6. The van der Waals surface area contributed by atoms with E-state index in [2.05, 4.69) is 5.32 Å². The molecule has 134 valence electrons. The van der Waals surface area contributed by atoms with Gasteiger partial charge in [0, 0.05) is 24.7 Å². The number of amides is 2. The van der Waals surface area contributed by atoms with E-state index in [-0.39, 0.29) is 12.0 Å². The van der Waals surface area contributed by atoms with Gasteiger partial charge in [-0.2, -0.15) is 0 Å². The third-order valence-electron chi connectivity index (χ3n) is 3.81. The molecular weight excluding hydrogens is 304 g/mol. The number of hydrogen-bond donors (Lipinski definition) is 1. The molecule has 0 fully saturated rings. The summed E-state index contributed by atoms with van der Waals surface area (Å²) in [5.41, 5.74) is 0.725. The Bertz CT molecular complexity index is 589. The van der Waals surface area contributed by atoms with Crippen molar-refractivity contribution in [2.75, 3.05) is 12.4 Å². The monoisotopic (exact) mass is 334 g/mol. The standard InChI is InChI=1S/C19H30N2O3/c1-8-19(5,6)16(22)20-15-11-9-10-14(12-15)13-21(7)17(23)24-18(2,3)4/h9-12H,8,13H2,1-7H3,(H,20,22). The van der Waals surface area contributed by atoms with Crippen LogP contribution in [0.2, 0.25) is 0 Å². The molecule has 0 aliphatic heterocycles. The summed E-state index contributed by atoms with van der Waals surface area (Å²) in [4.78, 5) is 25.8. The van der Waals surface area contributed by atoms with Crippen LogP contribution >= 0.6 is 0 Å². The Kier molecular flexibility index (Phi) is 6.41. The number of hydrogen-bond acceptors (Lipinski definition) is 3. The minimum absolute atomic E-state index is 0.0114. The maximum absolute atomic E-state index is 12.3. The molecule has 0 aromatic heterocycles. The Hall–Kier alpha value is -2.04. The number of benzene rings is 1. The van der Waals surface area contributed by atoms with Crippen molar-refractivity contribution < 1.29 is 14.3 Å². The molecule has 5 nitrogen and oxygen atoms in total. The van der Waals surface area contributed by atoms with Crippen LogP contribution in [-0.2, 0) is 16.1 Å². The summed E-state index contributed by atoms with van der Waals surface area (Å²) in [6, 6.07) is 7.51. The van der Waals surface area contributed by atoms with Gasteiger partial charge in [-0.15, -0.1) is 0 Å². The molecule has 0 atom stereocenters. The van der Waals surface area contributed by atoms with Gasteiger partial charge in [-0.25, -0.2) is 4.79 Å². The molecule has 0 unspecified atom stereocenters. The van der Waals surface area contributed by atoms with Crippen LogP contribution in [-0.4, -0.2) is 29.5 Å². The first-order chi connectivity index (χ1) is 10.9. The number of rotatable bonds is 5. The zero-order chi connectivity index (χ0) is 18.5. The van der Waals surface area contributed by atoms with Crippen molar-refractivity contribution in [2.45, 2.75) is 60.1 Å². The first-order valence-corrected chi connectivity index (χ1v) is 8.29. The fourth-order valence-electron chi connectivity index (χ4n) is 1.89. The molecule has 0 radical (unpaired) electrons. The lowest BCUT2D eigenvalue weighted by atomic mass is 9.89. The fourth-order valence-corrected chi connectivity index (χ4v) is 1.89. The summed E-state index contributed by atoms with van der Waals surface area (Å²) in [6.07, 6.45) is 0.393. The number of nitrogens with zero attached hydrogens (tertiary/aromatic N) is 1. The van der Waals surface area contributed by atoms with E-state index < -0.39 is 11.0 Å². The molecule has 1 N–H and O–H groups in total. The van der Waals surface area contributed by atoms with Crippen molar-refractivity contribution in [1.82, 2.24) is 4.90 Å². The lowest BCUT2D eigenvalue weighted by molar-refractivity contribution is -0.124. The van der Waals surface area contributed by atoms with Crippen molar-refractivity contribution in [3.8, 4) is 0 Å². The molecule has 0 saturated carbocycles. The molecule has 2 amide bonds. The van der Waals surface area contributed by atoms with E-state index in [9.17, 15) is 9.59 Å². The summed E-state index contributed by atoms with van der Waals surface area (Å²) in [7, 11) is 1.69. The first kappa shape index (κ1) is 20.0. The van der Waals surface area contributed by atoms with E-state index in [1.54, 1.807) is 7.05 Å². The van der Waals surface area contributed by atoms with Gasteiger partial charge in [0.05, 0.1) is 0 Å². The summed E-state index contributed by atoms with van der Waals surface area (Å²) in [5, 5.41) is 2.94. The molecule has 0 saturated heterocycles. The van der Waals surface area contributed by atoms with Crippen molar-refractivity contribution in [2.24, 2.45) is 5.41 Å². The topological polar surface area (TPSA) is 58.6 Å². The predicted molar refractivity (Wildman–Crippen MR) is 96.8 cm³/mol. The highest BCUT2D eigenvalue weighted by Crippen LogP contribution is 2.23. The van der Waals surface area contributed by atoms with E-state index in [4.69, 9.17) is 4.74 Å². The average Bonchev–Trinajstić information content (AvgIpc) is 2.45. The second-order valence-corrected chi connectivity index (χ2v) is 7.73. The lowest BCUT2D eigenvalue weighted by Crippen LogP contribution is -2.33. The summed E-state index contributed by atoms with van der Waals surface area (Å²) < 4.78 is 5.34. The molecule has 1 rings (SSSR count). The highest BCUT2D eigenvalue weighted by molar-refractivity contribution is 5.94. The number of carbonyl (C=O) groups excluding carboxylic acids is 2. The van der Waals surface area contributed by atoms with E-state index in [1.807, 2.05) is 65.8 Å². The van der Waals surface area contributed by atoms with Gasteiger partial charge >= 0.3 is 6.09 Å². The summed E-state index contributed by atoms with van der Waals surface area (Å²) >= 11 is 0. The highest BCUT2D eigenvalue weighted by Gasteiger charge is 2.25. The average molecular weight is 334 g/mol. The van der Waals surface area contributed by atoms with Crippen LogP contribution in [0.1, 0.15) is 53.5 Å². The third kappa shape index (κ3) is 6.22. The van der Waals surface area contributed by atoms with E-state index in [1.165, 1.54) is 4.90 Å². The van der Waals surface area contributed by atoms with Crippen LogP contribution in [0, 0.1) is 5.41 Å². The predicted octanol–water partition coefficient (Wildman–Crippen LogP) is 4.43. The Morgan fingerprint density at radius 1 is 1.17 bits per heavy atom. The molecule has 1 aromatic carbocycles. The van der Waals surface area contributed by atoms with Crippen molar-refractivity contribution in [3.63, 3.8) is 0 Å². The molecular formula is C19H30N2O3. The number of ether oxygens (including phenoxy) is 1. The third-order valence-corrected chi connectivity index (χ3v) is 3.81. The van der Waals surface area contributed by atoms with E-state index in [0.29, 0.717) is 6.54 Å². The number of nitrogens with one attached hydrogen (secondary N) is 1. The Morgan fingerprint density at radius 3 is 2.33 bits per heavy atom. The molecule has 24 heavy (non-hydrogen) atoms. The van der Waals surface area contributed by atoms with Crippen LogP contribution in [0.15, 0.2) is 24.3 Å². The molecule has 5 heteroatoms. The maximum atomic E-state index is 12.3. The Morgan fingerprint density at radius 2 is 1.79 bits per heavy atom. The molecule has 0 aliphatic rings. The summed E-state index contributed by atoms with van der Waals surface area (Å²) in [5.74, 6) is -0.0114. The fraction of sp³-hybridized carbons (Fsp3) is 0.579. The summed E-state index contributed by atoms with van der Waals surface area (Å²) in [6.45, 7) is 11.8. The van der Waals surface area contributed by atoms with E-state index >= 15 is 0 Å².